The van der Waals surface area contributed by atoms with Crippen LogP contribution >= 0.6 is 0 Å². The predicted octanol–water partition coefficient (Wildman–Crippen LogP) is 3.69. The molecule has 7 heteroatoms. The minimum Gasteiger partial charge on any atom is -0.373 e. The maximum absolute atomic E-state index is 14.1. The molecule has 1 aliphatic rings. The number of nitrogens with one attached hydrogen (secondary N) is 1. The molecule has 0 amide bonds. The van der Waals surface area contributed by atoms with Gasteiger partial charge < -0.3 is 4.74 Å². The molecular formula is C22H19FN4O2. The topological polar surface area (TPSA) is 72.3 Å². The number of H-pyrrole nitrogens is 1. The van der Waals surface area contributed by atoms with Gasteiger partial charge in [0.05, 0.1) is 18.3 Å². The van der Waals surface area contributed by atoms with Crippen molar-refractivity contribution in [1.29, 1.82) is 0 Å². The fourth-order valence-corrected chi connectivity index (χ4v) is 3.73. The van der Waals surface area contributed by atoms with Gasteiger partial charge >= 0.3 is 0 Å². The van der Waals surface area contributed by atoms with E-state index in [0.717, 1.165) is 18.4 Å². The van der Waals surface area contributed by atoms with Crippen molar-refractivity contribution in [3.63, 3.8) is 0 Å². The number of benzene rings is 2. The van der Waals surface area contributed by atoms with Crippen molar-refractivity contribution in [3.05, 3.63) is 88.0 Å². The predicted molar refractivity (Wildman–Crippen MR) is 106 cm³/mol. The van der Waals surface area contributed by atoms with Crippen molar-refractivity contribution in [3.8, 4) is 11.4 Å². The fourth-order valence-electron chi connectivity index (χ4n) is 3.73. The van der Waals surface area contributed by atoms with Gasteiger partial charge in [-0.15, -0.1) is 10.2 Å². The zero-order valence-electron chi connectivity index (χ0n) is 15.6. The lowest BCUT2D eigenvalue weighted by atomic mass is 9.78. The zero-order chi connectivity index (χ0) is 19.8. The lowest BCUT2D eigenvalue weighted by Crippen LogP contribution is -2.33. The second-order valence-corrected chi connectivity index (χ2v) is 7.32. The number of fused-ring (bicyclic) bond motifs is 1. The van der Waals surface area contributed by atoms with Gasteiger partial charge in [0.25, 0.3) is 5.56 Å². The Morgan fingerprint density at radius 3 is 2.62 bits per heavy atom. The standard InChI is InChI=1S/C22H19FN4O2/c23-19-9-5-4-8-17(19)21-25-24-20-12-18(22(28)26-27(20)21)15-10-16(11-15)29-13-14-6-2-1-3-7-14/h1-9,12,15-16H,10-11,13H2,(H,26,28). The quantitative estimate of drug-likeness (QED) is 0.564. The van der Waals surface area contributed by atoms with Gasteiger partial charge in [-0.2, -0.15) is 0 Å². The maximum Gasteiger partial charge on any atom is 0.266 e. The molecule has 0 unspecified atom stereocenters. The molecule has 2 aromatic carbocycles. The van der Waals surface area contributed by atoms with Crippen molar-refractivity contribution in [2.24, 2.45) is 0 Å². The maximum atomic E-state index is 14.1. The summed E-state index contributed by atoms with van der Waals surface area (Å²) in [6, 6.07) is 18.1. The van der Waals surface area contributed by atoms with E-state index in [1.807, 2.05) is 30.3 Å². The van der Waals surface area contributed by atoms with Crippen LogP contribution < -0.4 is 5.56 Å². The highest BCUT2D eigenvalue weighted by molar-refractivity contribution is 5.59. The van der Waals surface area contributed by atoms with E-state index in [9.17, 15) is 9.18 Å². The summed E-state index contributed by atoms with van der Waals surface area (Å²) >= 11 is 0. The number of hydrogen-bond acceptors (Lipinski definition) is 4. The third-order valence-corrected chi connectivity index (χ3v) is 5.43. The van der Waals surface area contributed by atoms with Gasteiger partial charge in [0, 0.05) is 5.56 Å². The third-order valence-electron chi connectivity index (χ3n) is 5.43. The second kappa shape index (κ2) is 7.25. The smallest absolute Gasteiger partial charge is 0.266 e. The summed E-state index contributed by atoms with van der Waals surface area (Å²) < 4.78 is 21.5. The van der Waals surface area contributed by atoms with Gasteiger partial charge in [0.2, 0.25) is 0 Å². The van der Waals surface area contributed by atoms with Gasteiger partial charge in [0.15, 0.2) is 11.5 Å². The summed E-state index contributed by atoms with van der Waals surface area (Å²) in [4.78, 5) is 12.7. The first-order valence-corrected chi connectivity index (χ1v) is 9.58. The van der Waals surface area contributed by atoms with Crippen LogP contribution in [-0.4, -0.2) is 25.9 Å². The zero-order valence-corrected chi connectivity index (χ0v) is 15.6. The van der Waals surface area contributed by atoms with E-state index in [-0.39, 0.29) is 23.4 Å². The lowest BCUT2D eigenvalue weighted by molar-refractivity contribution is -0.0209. The molecule has 0 aliphatic heterocycles. The molecule has 1 fully saturated rings. The molecule has 2 aromatic heterocycles. The van der Waals surface area contributed by atoms with E-state index < -0.39 is 5.82 Å². The van der Waals surface area contributed by atoms with Gasteiger partial charge in [-0.1, -0.05) is 42.5 Å². The Kier molecular flexibility index (Phi) is 4.44. The number of ether oxygens (including phenoxy) is 1. The summed E-state index contributed by atoms with van der Waals surface area (Å²) in [6.07, 6.45) is 1.73. The highest BCUT2D eigenvalue weighted by Gasteiger charge is 2.33. The van der Waals surface area contributed by atoms with E-state index >= 15 is 0 Å². The molecule has 0 saturated heterocycles. The normalized spacial score (nSPS) is 18.7. The average Bonchev–Trinajstić information content (AvgIpc) is 3.10. The summed E-state index contributed by atoms with van der Waals surface area (Å²) in [7, 11) is 0. The van der Waals surface area contributed by atoms with Crippen LogP contribution in [-0.2, 0) is 11.3 Å². The Bertz CT molecular complexity index is 1210. The SMILES string of the molecule is O=c1[nH]n2c(-c3ccccc3F)nnc2cc1C1CC(OCc2ccccc2)C1. The molecule has 6 nitrogen and oxygen atoms in total. The minimum absolute atomic E-state index is 0.123. The van der Waals surface area contributed by atoms with Crippen molar-refractivity contribution >= 4 is 5.65 Å². The first kappa shape index (κ1) is 17.8. The van der Waals surface area contributed by atoms with Crippen LogP contribution in [0.2, 0.25) is 0 Å². The van der Waals surface area contributed by atoms with Gasteiger partial charge in [-0.25, -0.2) is 8.91 Å². The Labute approximate surface area is 166 Å². The monoisotopic (exact) mass is 390 g/mol. The Morgan fingerprint density at radius 1 is 1.07 bits per heavy atom. The number of halogens is 1. The van der Waals surface area contributed by atoms with Crippen LogP contribution in [0.1, 0.15) is 29.9 Å². The highest BCUT2D eigenvalue weighted by Crippen LogP contribution is 2.38. The molecule has 5 rings (SSSR count). The fraction of sp³-hybridized carbons (Fsp3) is 0.227. The highest BCUT2D eigenvalue weighted by atomic mass is 19.1. The number of rotatable bonds is 5. The van der Waals surface area contributed by atoms with Gasteiger partial charge in [0.1, 0.15) is 5.82 Å². The van der Waals surface area contributed by atoms with E-state index in [1.165, 1.54) is 10.6 Å². The summed E-state index contributed by atoms with van der Waals surface area (Å²) in [5, 5.41) is 11.0. The Balaban J connectivity index is 1.33. The largest absolute Gasteiger partial charge is 0.373 e. The molecule has 0 spiro atoms. The van der Waals surface area contributed by atoms with Crippen LogP contribution in [0.4, 0.5) is 4.39 Å². The molecule has 4 aromatic rings. The molecule has 0 bridgehead atoms. The number of aromatic amines is 1. The summed E-state index contributed by atoms with van der Waals surface area (Å²) in [5.41, 5.74) is 2.39. The van der Waals surface area contributed by atoms with Crippen LogP contribution in [0.25, 0.3) is 17.0 Å². The molecule has 146 valence electrons. The molecule has 2 heterocycles. The van der Waals surface area contributed by atoms with E-state index in [2.05, 4.69) is 15.3 Å². The Hall–Kier alpha value is -3.32. The third kappa shape index (κ3) is 3.34. The summed E-state index contributed by atoms with van der Waals surface area (Å²) in [6.45, 7) is 0.573. The molecule has 0 atom stereocenters. The second-order valence-electron chi connectivity index (χ2n) is 7.32. The summed E-state index contributed by atoms with van der Waals surface area (Å²) in [5.74, 6) is -0.0123. The van der Waals surface area contributed by atoms with Crippen molar-refractivity contribution in [1.82, 2.24) is 19.8 Å². The van der Waals surface area contributed by atoms with E-state index in [4.69, 9.17) is 4.74 Å². The Morgan fingerprint density at radius 2 is 1.83 bits per heavy atom. The minimum atomic E-state index is -0.413. The molecule has 1 saturated carbocycles. The number of nitrogens with zero attached hydrogens (tertiary/aromatic N) is 3. The van der Waals surface area contributed by atoms with Crippen molar-refractivity contribution in [2.75, 3.05) is 0 Å². The first-order chi connectivity index (χ1) is 14.2. The van der Waals surface area contributed by atoms with Crippen molar-refractivity contribution in [2.45, 2.75) is 31.5 Å². The van der Waals surface area contributed by atoms with Crippen LogP contribution in [0.3, 0.4) is 0 Å². The van der Waals surface area contributed by atoms with Gasteiger partial charge in [-0.05, 0) is 42.5 Å². The van der Waals surface area contributed by atoms with Crippen LogP contribution in [0.5, 0.6) is 0 Å². The van der Waals surface area contributed by atoms with Crippen LogP contribution in [0, 0.1) is 5.82 Å². The van der Waals surface area contributed by atoms with Gasteiger partial charge in [-0.3, -0.25) is 9.89 Å². The molecule has 0 radical (unpaired) electrons. The molecular weight excluding hydrogens is 371 g/mol. The number of hydrogen-bond donors (Lipinski definition) is 1. The number of aromatic nitrogens is 4. The lowest BCUT2D eigenvalue weighted by Gasteiger charge is -2.34. The molecule has 1 aliphatic carbocycles. The first-order valence-electron chi connectivity index (χ1n) is 9.58. The average molecular weight is 390 g/mol. The van der Waals surface area contributed by atoms with Crippen LogP contribution in [0.15, 0.2) is 65.5 Å². The van der Waals surface area contributed by atoms with E-state index in [1.54, 1.807) is 24.3 Å². The molecule has 1 N–H and O–H groups in total. The molecule has 29 heavy (non-hydrogen) atoms. The van der Waals surface area contributed by atoms with Crippen molar-refractivity contribution < 1.29 is 9.13 Å². The van der Waals surface area contributed by atoms with E-state index in [0.29, 0.717) is 23.4 Å².